The second-order valence-corrected chi connectivity index (χ2v) is 15.3. The molecule has 0 bridgehead atoms. The maximum atomic E-state index is 11.7. The minimum atomic E-state index is -0.198. The number of hydrogen-bond donors (Lipinski definition) is 2. The third kappa shape index (κ3) is 2.72. The fourth-order valence-corrected chi connectivity index (χ4v) is 10.6. The van der Waals surface area contributed by atoms with Crippen LogP contribution in [0, 0.1) is 50.2 Å². The molecule has 4 fully saturated rings. The molecule has 2 N–H and O–H groups in total. The molecule has 0 heterocycles. The predicted molar refractivity (Wildman–Crippen MR) is 132 cm³/mol. The zero-order valence-corrected chi connectivity index (χ0v) is 22.2. The summed E-state index contributed by atoms with van der Waals surface area (Å²) in [6, 6.07) is 0. The highest BCUT2D eigenvalue weighted by Crippen LogP contribution is 2.75. The molecule has 2 nitrogen and oxygen atoms in total. The highest BCUT2D eigenvalue weighted by Gasteiger charge is 2.69. The molecule has 32 heavy (non-hydrogen) atoms. The number of allylic oxidation sites excluding steroid dienone is 2. The molecule has 182 valence electrons. The van der Waals surface area contributed by atoms with Crippen LogP contribution >= 0.6 is 0 Å². The van der Waals surface area contributed by atoms with Gasteiger partial charge in [-0.15, -0.1) is 0 Å². The van der Waals surface area contributed by atoms with Crippen LogP contribution in [-0.4, -0.2) is 22.4 Å². The van der Waals surface area contributed by atoms with Crippen molar-refractivity contribution >= 4 is 0 Å². The van der Waals surface area contributed by atoms with E-state index in [0.717, 1.165) is 25.7 Å². The number of rotatable bonds is 0. The molecule has 0 unspecified atom stereocenters. The van der Waals surface area contributed by atoms with Gasteiger partial charge >= 0.3 is 0 Å². The van der Waals surface area contributed by atoms with Crippen LogP contribution in [0.3, 0.4) is 0 Å². The summed E-state index contributed by atoms with van der Waals surface area (Å²) in [5.41, 5.74) is 2.71. The maximum absolute atomic E-state index is 11.7. The van der Waals surface area contributed by atoms with Gasteiger partial charge in [0.15, 0.2) is 0 Å². The van der Waals surface area contributed by atoms with Crippen molar-refractivity contribution in [2.45, 2.75) is 125 Å². The highest BCUT2D eigenvalue weighted by molar-refractivity contribution is 5.34. The Morgan fingerprint density at radius 3 is 2.09 bits per heavy atom. The average Bonchev–Trinajstić information content (AvgIpc) is 2.68. The van der Waals surface area contributed by atoms with Crippen LogP contribution in [0.1, 0.15) is 113 Å². The molecule has 5 rings (SSSR count). The van der Waals surface area contributed by atoms with Crippen LogP contribution in [-0.2, 0) is 0 Å². The monoisotopic (exact) mass is 442 g/mol. The van der Waals surface area contributed by atoms with E-state index in [2.05, 4.69) is 61.5 Å². The maximum Gasteiger partial charge on any atom is 0.0608 e. The molecule has 0 spiro atoms. The summed E-state index contributed by atoms with van der Waals surface area (Å²) in [6.45, 7) is 19.7. The molecule has 0 aromatic rings. The van der Waals surface area contributed by atoms with E-state index in [-0.39, 0.29) is 39.3 Å². The van der Waals surface area contributed by atoms with Crippen LogP contribution in [0.15, 0.2) is 11.6 Å². The van der Waals surface area contributed by atoms with Gasteiger partial charge in [-0.25, -0.2) is 0 Å². The SMILES string of the molecule is CC1(C)CC[C@]2(C)[C@@H](O)C[C@]3(C)C(=CC[C@@H]4[C@@]5(C)CC[C@@H](O)C(C)(C)[C@@H]5CC[C@]43C)[C@@H]2C1. The molecule has 4 saturated carbocycles. The Bertz CT molecular complexity index is 825. The molecule has 0 radical (unpaired) electrons. The normalized spacial score (nSPS) is 56.2. The summed E-state index contributed by atoms with van der Waals surface area (Å²) in [5.74, 6) is 1.75. The van der Waals surface area contributed by atoms with Crippen LogP contribution in [0.25, 0.3) is 0 Å². The first-order valence-electron chi connectivity index (χ1n) is 13.7. The minimum Gasteiger partial charge on any atom is -0.393 e. The molecular weight excluding hydrogens is 392 g/mol. The van der Waals surface area contributed by atoms with E-state index in [1.807, 2.05) is 0 Å². The zero-order chi connectivity index (χ0) is 23.5. The Morgan fingerprint density at radius 1 is 0.719 bits per heavy atom. The van der Waals surface area contributed by atoms with E-state index in [1.165, 1.54) is 32.1 Å². The van der Waals surface area contributed by atoms with Gasteiger partial charge in [0.25, 0.3) is 0 Å². The van der Waals surface area contributed by atoms with E-state index in [9.17, 15) is 10.2 Å². The molecule has 0 aliphatic heterocycles. The molecule has 0 aromatic carbocycles. The third-order valence-electron chi connectivity index (χ3n) is 13.1. The Kier molecular flexibility index (Phi) is 4.87. The van der Waals surface area contributed by atoms with Crippen molar-refractivity contribution in [1.82, 2.24) is 0 Å². The summed E-state index contributed by atoms with van der Waals surface area (Å²) < 4.78 is 0. The number of fused-ring (bicyclic) bond motifs is 7. The van der Waals surface area contributed by atoms with Crippen molar-refractivity contribution < 1.29 is 10.2 Å². The largest absolute Gasteiger partial charge is 0.393 e. The summed E-state index contributed by atoms with van der Waals surface area (Å²) in [6.07, 6.45) is 12.6. The van der Waals surface area contributed by atoms with Crippen molar-refractivity contribution in [3.05, 3.63) is 11.6 Å². The lowest BCUT2D eigenvalue weighted by atomic mass is 9.33. The lowest BCUT2D eigenvalue weighted by Crippen LogP contribution is -2.66. The number of aliphatic hydroxyl groups is 2. The van der Waals surface area contributed by atoms with E-state index in [1.54, 1.807) is 5.57 Å². The molecule has 0 amide bonds. The minimum absolute atomic E-state index is 0.00271. The van der Waals surface area contributed by atoms with Crippen LogP contribution in [0.2, 0.25) is 0 Å². The van der Waals surface area contributed by atoms with Gasteiger partial charge in [-0.05, 0) is 103 Å². The van der Waals surface area contributed by atoms with Crippen molar-refractivity contribution in [2.75, 3.05) is 0 Å². The summed E-state index contributed by atoms with van der Waals surface area (Å²) in [5, 5.41) is 22.6. The van der Waals surface area contributed by atoms with Gasteiger partial charge in [0.1, 0.15) is 0 Å². The predicted octanol–water partition coefficient (Wildman–Crippen LogP) is 7.14. The van der Waals surface area contributed by atoms with Crippen LogP contribution < -0.4 is 0 Å². The third-order valence-corrected chi connectivity index (χ3v) is 13.1. The first-order chi connectivity index (χ1) is 14.6. The fourth-order valence-electron chi connectivity index (χ4n) is 10.6. The van der Waals surface area contributed by atoms with Crippen molar-refractivity contribution in [3.8, 4) is 0 Å². The lowest BCUT2D eigenvalue weighted by molar-refractivity contribution is -0.213. The van der Waals surface area contributed by atoms with Crippen LogP contribution in [0.5, 0.6) is 0 Å². The van der Waals surface area contributed by atoms with Gasteiger partial charge in [-0.3, -0.25) is 0 Å². The molecule has 9 atom stereocenters. The summed E-state index contributed by atoms with van der Waals surface area (Å²) in [7, 11) is 0. The molecule has 5 aliphatic rings. The average molecular weight is 443 g/mol. The van der Waals surface area contributed by atoms with Gasteiger partial charge in [-0.2, -0.15) is 0 Å². The van der Waals surface area contributed by atoms with Gasteiger partial charge in [0.2, 0.25) is 0 Å². The second-order valence-electron chi connectivity index (χ2n) is 15.3. The fraction of sp³-hybridized carbons (Fsp3) is 0.933. The Morgan fingerprint density at radius 2 is 1.41 bits per heavy atom. The first-order valence-corrected chi connectivity index (χ1v) is 13.7. The van der Waals surface area contributed by atoms with Crippen molar-refractivity contribution in [1.29, 1.82) is 0 Å². The standard InChI is InChI=1S/C30H50O2/c1-25(2)15-16-27(5)20(17-25)19-9-10-22-28(6)13-12-23(31)26(3,4)21(28)11-14-29(22,7)30(19,8)18-24(27)32/h9,20-24,31-32H,10-18H2,1-8H3/t20-,21-,22+,23+,24-,27-,28-,29+,30+/m0/s1. The van der Waals surface area contributed by atoms with Gasteiger partial charge in [0.05, 0.1) is 12.2 Å². The molecular formula is C30H50O2. The van der Waals surface area contributed by atoms with Crippen molar-refractivity contribution in [3.63, 3.8) is 0 Å². The quantitative estimate of drug-likeness (QED) is 0.391. The van der Waals surface area contributed by atoms with Gasteiger partial charge in [-0.1, -0.05) is 67.0 Å². The molecule has 5 aliphatic carbocycles. The highest BCUT2D eigenvalue weighted by atomic mass is 16.3. The number of aliphatic hydroxyl groups excluding tert-OH is 2. The van der Waals surface area contributed by atoms with E-state index in [0.29, 0.717) is 23.2 Å². The Balaban J connectivity index is 1.60. The molecule has 2 heteroatoms. The molecule has 0 aromatic heterocycles. The number of hydrogen-bond acceptors (Lipinski definition) is 2. The van der Waals surface area contributed by atoms with E-state index in [4.69, 9.17) is 0 Å². The topological polar surface area (TPSA) is 40.5 Å². The molecule has 0 saturated heterocycles. The zero-order valence-electron chi connectivity index (χ0n) is 22.2. The Hall–Kier alpha value is -0.340. The lowest BCUT2D eigenvalue weighted by Gasteiger charge is -2.72. The first kappa shape index (κ1) is 23.4. The van der Waals surface area contributed by atoms with E-state index < -0.39 is 0 Å². The smallest absolute Gasteiger partial charge is 0.0608 e. The van der Waals surface area contributed by atoms with Gasteiger partial charge < -0.3 is 10.2 Å². The van der Waals surface area contributed by atoms with Crippen LogP contribution in [0.4, 0.5) is 0 Å². The van der Waals surface area contributed by atoms with Gasteiger partial charge in [0, 0.05) is 5.41 Å². The summed E-state index contributed by atoms with van der Waals surface area (Å²) in [4.78, 5) is 0. The van der Waals surface area contributed by atoms with E-state index >= 15 is 0 Å². The Labute approximate surface area is 197 Å². The van der Waals surface area contributed by atoms with Crippen molar-refractivity contribution in [2.24, 2.45) is 50.2 Å². The summed E-state index contributed by atoms with van der Waals surface area (Å²) >= 11 is 0. The second kappa shape index (κ2) is 6.66.